The van der Waals surface area contributed by atoms with Crippen molar-refractivity contribution in [3.05, 3.63) is 72.3 Å². The summed E-state index contributed by atoms with van der Waals surface area (Å²) >= 11 is 1.02. The maximum atomic E-state index is 13.5. The van der Waals surface area contributed by atoms with Crippen LogP contribution in [0.15, 0.2) is 71.0 Å². The van der Waals surface area contributed by atoms with Crippen molar-refractivity contribution in [2.45, 2.75) is 35.1 Å². The summed E-state index contributed by atoms with van der Waals surface area (Å²) in [4.78, 5) is 12.1. The average Bonchev–Trinajstić information content (AvgIpc) is 3.54. The van der Waals surface area contributed by atoms with Crippen molar-refractivity contribution in [1.29, 1.82) is 0 Å². The zero-order valence-corrected chi connectivity index (χ0v) is 16.8. The molecule has 0 N–H and O–H groups in total. The summed E-state index contributed by atoms with van der Waals surface area (Å²) in [5.41, 5.74) is 0.0874. The van der Waals surface area contributed by atoms with Gasteiger partial charge in [-0.2, -0.15) is 13.2 Å². The molecule has 5 rings (SSSR count). The van der Waals surface area contributed by atoms with E-state index in [4.69, 9.17) is 0 Å². The Bertz CT molecular complexity index is 1210. The van der Waals surface area contributed by atoms with Gasteiger partial charge >= 0.3 is 6.18 Å². The van der Waals surface area contributed by atoms with E-state index >= 15 is 0 Å². The molecule has 1 fully saturated rings. The van der Waals surface area contributed by atoms with Gasteiger partial charge in [0.25, 0.3) is 0 Å². The van der Waals surface area contributed by atoms with E-state index < -0.39 is 11.9 Å². The van der Waals surface area contributed by atoms with E-state index in [0.717, 1.165) is 42.2 Å². The van der Waals surface area contributed by atoms with Crippen molar-refractivity contribution in [3.63, 3.8) is 0 Å². The first-order chi connectivity index (χ1) is 15.0. The molecule has 1 aliphatic carbocycles. The lowest BCUT2D eigenvalue weighted by Crippen LogP contribution is -2.10. The van der Waals surface area contributed by atoms with Gasteiger partial charge in [0, 0.05) is 23.9 Å². The second kappa shape index (κ2) is 7.77. The number of alkyl halides is 3. The molecular formula is C21H15F3N6S. The van der Waals surface area contributed by atoms with Gasteiger partial charge in [-0.05, 0) is 48.9 Å². The maximum Gasteiger partial charge on any atom is 0.433 e. The lowest BCUT2D eigenvalue weighted by atomic mass is 10.3. The summed E-state index contributed by atoms with van der Waals surface area (Å²) in [5.74, 6) is 1.03. The van der Waals surface area contributed by atoms with Crippen LogP contribution in [0.3, 0.4) is 0 Å². The zero-order valence-electron chi connectivity index (χ0n) is 16.0. The number of rotatable bonds is 5. The molecule has 0 spiro atoms. The molecule has 0 unspecified atom stereocenters. The minimum absolute atomic E-state index is 0.0916. The number of benzene rings is 1. The van der Waals surface area contributed by atoms with Crippen LogP contribution >= 0.6 is 11.8 Å². The lowest BCUT2D eigenvalue weighted by Gasteiger charge is -2.11. The predicted octanol–water partition coefficient (Wildman–Crippen LogP) is 5.17. The normalized spacial score (nSPS) is 14.0. The highest BCUT2D eigenvalue weighted by molar-refractivity contribution is 7.99. The fourth-order valence-electron chi connectivity index (χ4n) is 3.10. The Kier molecular flexibility index (Phi) is 4.93. The smallest absolute Gasteiger partial charge is 0.273 e. The molecule has 6 nitrogen and oxygen atoms in total. The number of para-hydroxylation sites is 1. The number of aromatic nitrogens is 6. The van der Waals surface area contributed by atoms with Crippen LogP contribution in [0, 0.1) is 0 Å². The predicted molar refractivity (Wildman–Crippen MR) is 108 cm³/mol. The average molecular weight is 440 g/mol. The molecule has 0 amide bonds. The molecule has 1 saturated carbocycles. The van der Waals surface area contributed by atoms with Crippen LogP contribution in [0.25, 0.3) is 17.2 Å². The van der Waals surface area contributed by atoms with Crippen molar-refractivity contribution in [3.8, 4) is 17.2 Å². The highest BCUT2D eigenvalue weighted by Gasteiger charge is 2.35. The van der Waals surface area contributed by atoms with Gasteiger partial charge in [0.05, 0.1) is 0 Å². The van der Waals surface area contributed by atoms with Crippen LogP contribution in [0.1, 0.15) is 30.3 Å². The summed E-state index contributed by atoms with van der Waals surface area (Å²) in [6.45, 7) is 0. The minimum Gasteiger partial charge on any atom is -0.273 e. The van der Waals surface area contributed by atoms with Gasteiger partial charge in [-0.15, -0.1) is 10.2 Å². The van der Waals surface area contributed by atoms with Gasteiger partial charge in [0.15, 0.2) is 5.82 Å². The second-order valence-electron chi connectivity index (χ2n) is 7.02. The van der Waals surface area contributed by atoms with Crippen LogP contribution in [-0.4, -0.2) is 29.7 Å². The van der Waals surface area contributed by atoms with Crippen LogP contribution in [0.4, 0.5) is 13.2 Å². The summed E-state index contributed by atoms with van der Waals surface area (Å²) in [5, 5.41) is 9.15. The number of halogens is 3. The summed E-state index contributed by atoms with van der Waals surface area (Å²) in [7, 11) is 0. The van der Waals surface area contributed by atoms with Crippen molar-refractivity contribution >= 4 is 11.8 Å². The third-order valence-electron chi connectivity index (χ3n) is 4.70. The van der Waals surface area contributed by atoms with Crippen LogP contribution < -0.4 is 0 Å². The number of hydrogen-bond acceptors (Lipinski definition) is 6. The SMILES string of the molecule is FC(F)(F)c1cc(Sc2nnc(C3CC3)n2-c2ccccc2)nc(-c2ccccn2)n1. The molecule has 0 atom stereocenters. The highest BCUT2D eigenvalue weighted by Crippen LogP contribution is 2.42. The Morgan fingerprint density at radius 1 is 0.935 bits per heavy atom. The van der Waals surface area contributed by atoms with E-state index in [1.807, 2.05) is 34.9 Å². The number of hydrogen-bond donors (Lipinski definition) is 0. The standard InChI is InChI=1S/C21H15F3N6S/c22-21(23,24)16-12-17(27-18(26-16)15-8-4-5-11-25-15)31-20-29-28-19(13-9-10-13)30(20)14-6-2-1-3-7-14/h1-8,11-13H,9-10H2. The Morgan fingerprint density at radius 2 is 1.71 bits per heavy atom. The Balaban J connectivity index is 1.59. The Morgan fingerprint density at radius 3 is 2.39 bits per heavy atom. The van der Waals surface area contributed by atoms with Gasteiger partial charge in [0.2, 0.25) is 5.16 Å². The van der Waals surface area contributed by atoms with Crippen molar-refractivity contribution in [2.24, 2.45) is 0 Å². The molecule has 0 radical (unpaired) electrons. The number of nitrogens with zero attached hydrogens (tertiary/aromatic N) is 6. The Labute approximate surface area is 179 Å². The van der Waals surface area contributed by atoms with Crippen molar-refractivity contribution < 1.29 is 13.2 Å². The first-order valence-electron chi connectivity index (χ1n) is 9.55. The lowest BCUT2D eigenvalue weighted by molar-refractivity contribution is -0.141. The molecule has 3 aromatic heterocycles. The van der Waals surface area contributed by atoms with E-state index in [9.17, 15) is 13.2 Å². The molecule has 10 heteroatoms. The fourth-order valence-corrected chi connectivity index (χ4v) is 3.96. The molecule has 1 aliphatic rings. The van der Waals surface area contributed by atoms with Gasteiger partial charge in [-0.3, -0.25) is 9.55 Å². The first-order valence-corrected chi connectivity index (χ1v) is 10.4. The van der Waals surface area contributed by atoms with E-state index in [-0.39, 0.29) is 16.5 Å². The summed E-state index contributed by atoms with van der Waals surface area (Å²) in [6, 6.07) is 15.4. The van der Waals surface area contributed by atoms with Gasteiger partial charge in [0.1, 0.15) is 22.2 Å². The monoisotopic (exact) mass is 440 g/mol. The molecule has 0 saturated heterocycles. The zero-order chi connectivity index (χ0) is 21.4. The molecular weight excluding hydrogens is 425 g/mol. The molecule has 0 bridgehead atoms. The Hall–Kier alpha value is -3.27. The highest BCUT2D eigenvalue weighted by atomic mass is 32.2. The van der Waals surface area contributed by atoms with Gasteiger partial charge in [-0.25, -0.2) is 9.97 Å². The van der Waals surface area contributed by atoms with Crippen LogP contribution in [0.5, 0.6) is 0 Å². The van der Waals surface area contributed by atoms with Crippen molar-refractivity contribution in [1.82, 2.24) is 29.7 Å². The number of pyridine rings is 1. The second-order valence-corrected chi connectivity index (χ2v) is 8.00. The van der Waals surface area contributed by atoms with E-state index in [2.05, 4.69) is 25.1 Å². The van der Waals surface area contributed by atoms with Crippen LogP contribution in [0.2, 0.25) is 0 Å². The summed E-state index contributed by atoms with van der Waals surface area (Å²) < 4.78 is 42.4. The van der Waals surface area contributed by atoms with E-state index in [0.29, 0.717) is 11.1 Å². The maximum absolute atomic E-state index is 13.5. The molecule has 156 valence electrons. The van der Waals surface area contributed by atoms with Gasteiger partial charge < -0.3 is 0 Å². The minimum atomic E-state index is -4.62. The quantitative estimate of drug-likeness (QED) is 0.399. The first kappa shape index (κ1) is 19.7. The molecule has 0 aliphatic heterocycles. The van der Waals surface area contributed by atoms with Crippen molar-refractivity contribution in [2.75, 3.05) is 0 Å². The molecule has 1 aromatic carbocycles. The third-order valence-corrected chi connectivity index (χ3v) is 5.56. The fraction of sp³-hybridized carbons (Fsp3) is 0.190. The summed E-state index contributed by atoms with van der Waals surface area (Å²) in [6.07, 6.45) is -1.09. The third kappa shape index (κ3) is 4.15. The molecule has 31 heavy (non-hydrogen) atoms. The van der Waals surface area contributed by atoms with Crippen LogP contribution in [-0.2, 0) is 6.18 Å². The van der Waals surface area contributed by atoms with E-state index in [1.165, 1.54) is 6.20 Å². The molecule has 3 heterocycles. The molecule has 4 aromatic rings. The largest absolute Gasteiger partial charge is 0.433 e. The van der Waals surface area contributed by atoms with Gasteiger partial charge in [-0.1, -0.05) is 24.3 Å². The topological polar surface area (TPSA) is 69.4 Å². The van der Waals surface area contributed by atoms with E-state index in [1.54, 1.807) is 18.2 Å².